The van der Waals surface area contributed by atoms with E-state index in [2.05, 4.69) is 9.88 Å². The number of rotatable bonds is 2. The Hall–Kier alpha value is -1.10. The van der Waals surface area contributed by atoms with Gasteiger partial charge in [-0.3, -0.25) is 4.98 Å². The molecule has 0 aliphatic carbocycles. The summed E-state index contributed by atoms with van der Waals surface area (Å²) in [4.78, 5) is 11.5. The van der Waals surface area contributed by atoms with E-state index in [4.69, 9.17) is 32.9 Å². The summed E-state index contributed by atoms with van der Waals surface area (Å²) < 4.78 is 5.84. The van der Waals surface area contributed by atoms with Gasteiger partial charge in [-0.25, -0.2) is 4.98 Å². The normalized spacial score (nSPS) is 22.9. The van der Waals surface area contributed by atoms with Crippen LogP contribution in [0.3, 0.4) is 0 Å². The van der Waals surface area contributed by atoms with Crippen LogP contribution in [0, 0.1) is 5.92 Å². The first-order chi connectivity index (χ1) is 11.2. The molecule has 0 amide bonds. The van der Waals surface area contributed by atoms with Crippen LogP contribution in [0.15, 0.2) is 18.3 Å². The largest absolute Gasteiger partial charge is 0.378 e. The maximum Gasteiger partial charge on any atom is 0.147 e. The third-order valence-electron chi connectivity index (χ3n) is 4.93. The van der Waals surface area contributed by atoms with E-state index in [0.717, 1.165) is 49.4 Å². The summed E-state index contributed by atoms with van der Waals surface area (Å²) in [6.45, 7) is 2.95. The number of hydrogen-bond acceptors (Lipinski definition) is 4. The second-order valence-corrected chi connectivity index (χ2v) is 7.17. The zero-order chi connectivity index (χ0) is 15.8. The van der Waals surface area contributed by atoms with Gasteiger partial charge in [0.25, 0.3) is 0 Å². The van der Waals surface area contributed by atoms with Crippen molar-refractivity contribution in [2.75, 3.05) is 24.6 Å². The van der Waals surface area contributed by atoms with Crippen LogP contribution in [0.5, 0.6) is 0 Å². The van der Waals surface area contributed by atoms with Gasteiger partial charge in [0.15, 0.2) is 0 Å². The Bertz CT molecular complexity index is 710. The standard InChI is InChI=1S/C17H19Cl2N3O/c18-12-8-14-15(9-13(12)19)21-17(10-20-14)22-5-3-11(4-6-22)16-2-1-7-23-16/h8-11,16H,1-7H2. The van der Waals surface area contributed by atoms with Gasteiger partial charge in [-0.1, -0.05) is 23.2 Å². The molecule has 0 N–H and O–H groups in total. The molecular weight excluding hydrogens is 333 g/mol. The third-order valence-corrected chi connectivity index (χ3v) is 5.65. The Balaban J connectivity index is 1.50. The molecule has 0 saturated carbocycles. The molecule has 4 nitrogen and oxygen atoms in total. The number of anilines is 1. The van der Waals surface area contributed by atoms with Crippen LogP contribution in [0.4, 0.5) is 5.82 Å². The fraction of sp³-hybridized carbons (Fsp3) is 0.529. The van der Waals surface area contributed by atoms with Crippen molar-refractivity contribution in [3.63, 3.8) is 0 Å². The van der Waals surface area contributed by atoms with Gasteiger partial charge in [-0.15, -0.1) is 0 Å². The monoisotopic (exact) mass is 351 g/mol. The van der Waals surface area contributed by atoms with E-state index in [9.17, 15) is 0 Å². The molecule has 1 unspecified atom stereocenters. The van der Waals surface area contributed by atoms with Crippen molar-refractivity contribution in [2.24, 2.45) is 5.92 Å². The van der Waals surface area contributed by atoms with Crippen LogP contribution in [-0.4, -0.2) is 35.8 Å². The Morgan fingerprint density at radius 2 is 1.78 bits per heavy atom. The van der Waals surface area contributed by atoms with Crippen molar-refractivity contribution in [2.45, 2.75) is 31.8 Å². The molecule has 0 spiro atoms. The van der Waals surface area contributed by atoms with Gasteiger partial charge in [0.2, 0.25) is 0 Å². The number of piperidine rings is 1. The Kier molecular flexibility index (Phi) is 4.31. The van der Waals surface area contributed by atoms with Crippen LogP contribution in [0.2, 0.25) is 10.0 Å². The number of halogens is 2. The Labute approximate surface area is 145 Å². The number of ether oxygens (including phenoxy) is 1. The quantitative estimate of drug-likeness (QED) is 0.806. The first-order valence-corrected chi connectivity index (χ1v) is 8.94. The van der Waals surface area contributed by atoms with E-state index >= 15 is 0 Å². The average Bonchev–Trinajstić information content (AvgIpc) is 3.10. The molecule has 2 aromatic rings. The van der Waals surface area contributed by atoms with Crippen LogP contribution < -0.4 is 4.90 Å². The number of aromatic nitrogens is 2. The molecule has 0 radical (unpaired) electrons. The number of benzene rings is 1. The van der Waals surface area contributed by atoms with Crippen molar-refractivity contribution in [1.82, 2.24) is 9.97 Å². The predicted molar refractivity (Wildman–Crippen MR) is 93.5 cm³/mol. The van der Waals surface area contributed by atoms with Crippen molar-refractivity contribution in [1.29, 1.82) is 0 Å². The summed E-state index contributed by atoms with van der Waals surface area (Å²) >= 11 is 12.1. The summed E-state index contributed by atoms with van der Waals surface area (Å²) in [6.07, 6.45) is 7.06. The van der Waals surface area contributed by atoms with Crippen LogP contribution in [-0.2, 0) is 4.74 Å². The van der Waals surface area contributed by atoms with Crippen molar-refractivity contribution < 1.29 is 4.74 Å². The van der Waals surface area contributed by atoms with E-state index in [1.165, 1.54) is 12.8 Å². The molecular formula is C17H19Cl2N3O. The highest BCUT2D eigenvalue weighted by molar-refractivity contribution is 6.42. The maximum absolute atomic E-state index is 6.09. The van der Waals surface area contributed by atoms with Gasteiger partial charge >= 0.3 is 0 Å². The van der Waals surface area contributed by atoms with Gasteiger partial charge in [0, 0.05) is 19.7 Å². The van der Waals surface area contributed by atoms with Gasteiger partial charge in [-0.2, -0.15) is 0 Å². The van der Waals surface area contributed by atoms with Crippen molar-refractivity contribution in [3.05, 3.63) is 28.4 Å². The summed E-state index contributed by atoms with van der Waals surface area (Å²) in [6, 6.07) is 3.55. The highest BCUT2D eigenvalue weighted by Gasteiger charge is 2.29. The fourth-order valence-corrected chi connectivity index (χ4v) is 3.94. The molecule has 2 aliphatic heterocycles. The average molecular weight is 352 g/mol. The third kappa shape index (κ3) is 3.12. The van der Waals surface area contributed by atoms with E-state index in [1.54, 1.807) is 12.1 Å². The second kappa shape index (κ2) is 6.42. The molecule has 122 valence electrons. The lowest BCUT2D eigenvalue weighted by atomic mass is 9.90. The lowest BCUT2D eigenvalue weighted by molar-refractivity contribution is 0.0531. The lowest BCUT2D eigenvalue weighted by Crippen LogP contribution is -2.38. The van der Waals surface area contributed by atoms with Crippen LogP contribution >= 0.6 is 23.2 Å². The van der Waals surface area contributed by atoms with E-state index in [1.807, 2.05) is 6.20 Å². The second-order valence-electron chi connectivity index (χ2n) is 6.36. The number of fused-ring (bicyclic) bond motifs is 1. The molecule has 1 aromatic carbocycles. The minimum absolute atomic E-state index is 0.473. The number of hydrogen-bond donors (Lipinski definition) is 0. The van der Waals surface area contributed by atoms with Crippen molar-refractivity contribution in [3.8, 4) is 0 Å². The molecule has 1 aromatic heterocycles. The minimum Gasteiger partial charge on any atom is -0.378 e. The molecule has 3 heterocycles. The molecule has 1 atom stereocenters. The molecule has 23 heavy (non-hydrogen) atoms. The zero-order valence-corrected chi connectivity index (χ0v) is 14.4. The molecule has 2 fully saturated rings. The zero-order valence-electron chi connectivity index (χ0n) is 12.8. The number of nitrogens with zero attached hydrogens (tertiary/aromatic N) is 3. The predicted octanol–water partition coefficient (Wildman–Crippen LogP) is 4.33. The molecule has 2 aliphatic rings. The van der Waals surface area contributed by atoms with Gasteiger partial charge in [0.1, 0.15) is 5.82 Å². The highest BCUT2D eigenvalue weighted by atomic mass is 35.5. The highest BCUT2D eigenvalue weighted by Crippen LogP contribution is 2.31. The van der Waals surface area contributed by atoms with Gasteiger partial charge in [0.05, 0.1) is 33.4 Å². The lowest BCUT2D eigenvalue weighted by Gasteiger charge is -2.35. The minimum atomic E-state index is 0.473. The Morgan fingerprint density at radius 3 is 2.48 bits per heavy atom. The van der Waals surface area contributed by atoms with Gasteiger partial charge < -0.3 is 9.64 Å². The van der Waals surface area contributed by atoms with E-state index in [0.29, 0.717) is 22.1 Å². The SMILES string of the molecule is Clc1cc2ncc(N3CCC(C4CCCO4)CC3)nc2cc1Cl. The smallest absolute Gasteiger partial charge is 0.147 e. The van der Waals surface area contributed by atoms with Gasteiger partial charge in [-0.05, 0) is 43.7 Å². The summed E-state index contributed by atoms with van der Waals surface area (Å²) in [5, 5.41) is 1.03. The first-order valence-electron chi connectivity index (χ1n) is 8.19. The molecule has 6 heteroatoms. The fourth-order valence-electron chi connectivity index (χ4n) is 3.63. The Morgan fingerprint density at radius 1 is 1.04 bits per heavy atom. The first kappa shape index (κ1) is 15.4. The summed E-state index contributed by atoms with van der Waals surface area (Å²) in [7, 11) is 0. The van der Waals surface area contributed by atoms with Crippen molar-refractivity contribution >= 4 is 40.1 Å². The summed E-state index contributed by atoms with van der Waals surface area (Å²) in [5.74, 6) is 1.61. The van der Waals surface area contributed by atoms with Crippen LogP contribution in [0.1, 0.15) is 25.7 Å². The molecule has 2 saturated heterocycles. The molecule has 4 rings (SSSR count). The molecule has 0 bridgehead atoms. The summed E-state index contributed by atoms with van der Waals surface area (Å²) in [5.41, 5.74) is 1.57. The topological polar surface area (TPSA) is 38.2 Å². The van der Waals surface area contributed by atoms with Crippen LogP contribution in [0.25, 0.3) is 11.0 Å². The van der Waals surface area contributed by atoms with E-state index < -0.39 is 0 Å². The van der Waals surface area contributed by atoms with E-state index in [-0.39, 0.29) is 0 Å². The maximum atomic E-state index is 6.09.